The van der Waals surface area contributed by atoms with Crippen molar-refractivity contribution in [2.45, 2.75) is 19.8 Å². The van der Waals surface area contributed by atoms with Gasteiger partial charge < -0.3 is 15.4 Å². The standard InChI is InChI=1S/C15H27N3O3S2.HI/c1-4-16-15(17-6-7-21-8-10-23(3,19)20)18-11-13(2)14-5-9-22-12-14;/h5,9,12-13H,4,6-8,10-11H2,1-3H3,(H2,16,17,18);1H. The minimum Gasteiger partial charge on any atom is -0.379 e. The lowest BCUT2D eigenvalue weighted by Crippen LogP contribution is -2.39. The van der Waals surface area contributed by atoms with Crippen molar-refractivity contribution in [2.24, 2.45) is 4.99 Å². The molecule has 0 spiro atoms. The summed E-state index contributed by atoms with van der Waals surface area (Å²) in [6.07, 6.45) is 1.21. The minimum atomic E-state index is -2.96. The van der Waals surface area contributed by atoms with E-state index >= 15 is 0 Å². The number of aliphatic imine (C=N–C) groups is 1. The number of hydrogen-bond acceptors (Lipinski definition) is 5. The molecule has 1 rings (SSSR count). The van der Waals surface area contributed by atoms with Crippen LogP contribution in [0.4, 0.5) is 0 Å². The van der Waals surface area contributed by atoms with Crippen molar-refractivity contribution < 1.29 is 13.2 Å². The van der Waals surface area contributed by atoms with Crippen molar-refractivity contribution in [3.05, 3.63) is 22.4 Å². The molecule has 0 aromatic carbocycles. The van der Waals surface area contributed by atoms with Gasteiger partial charge in [0, 0.05) is 31.8 Å². The largest absolute Gasteiger partial charge is 0.379 e. The molecule has 1 atom stereocenters. The van der Waals surface area contributed by atoms with Gasteiger partial charge in [0.1, 0.15) is 9.84 Å². The third kappa shape index (κ3) is 11.2. The SMILES string of the molecule is CCNC(=NCC(C)c1ccsc1)NCCOCCS(C)(=O)=O.I. The summed E-state index contributed by atoms with van der Waals surface area (Å²) in [5, 5.41) is 10.6. The Morgan fingerprint density at radius 3 is 2.71 bits per heavy atom. The molecule has 6 nitrogen and oxygen atoms in total. The summed E-state index contributed by atoms with van der Waals surface area (Å²) in [7, 11) is -2.96. The van der Waals surface area contributed by atoms with E-state index in [0.717, 1.165) is 12.5 Å². The maximum absolute atomic E-state index is 11.0. The fraction of sp³-hybridized carbons (Fsp3) is 0.667. The van der Waals surface area contributed by atoms with Gasteiger partial charge in [-0.05, 0) is 29.3 Å². The Bertz CT molecular complexity index is 563. The van der Waals surface area contributed by atoms with Crippen molar-refractivity contribution >= 4 is 51.1 Å². The van der Waals surface area contributed by atoms with E-state index < -0.39 is 9.84 Å². The zero-order chi connectivity index (χ0) is 17.1. The molecule has 1 aromatic heterocycles. The van der Waals surface area contributed by atoms with Crippen molar-refractivity contribution in [3.8, 4) is 0 Å². The molecule has 1 unspecified atom stereocenters. The number of thiophene rings is 1. The highest BCUT2D eigenvalue weighted by Gasteiger charge is 2.06. The van der Waals surface area contributed by atoms with Crippen molar-refractivity contribution in [1.82, 2.24) is 10.6 Å². The van der Waals surface area contributed by atoms with Gasteiger partial charge in [-0.2, -0.15) is 11.3 Å². The topological polar surface area (TPSA) is 79.8 Å². The molecule has 0 bridgehead atoms. The molecule has 24 heavy (non-hydrogen) atoms. The second-order valence-corrected chi connectivity index (χ2v) is 8.39. The smallest absolute Gasteiger partial charge is 0.191 e. The monoisotopic (exact) mass is 489 g/mol. The van der Waals surface area contributed by atoms with E-state index in [1.807, 2.05) is 6.92 Å². The average Bonchev–Trinajstić information content (AvgIpc) is 3.01. The summed E-state index contributed by atoms with van der Waals surface area (Å²) < 4.78 is 27.3. The van der Waals surface area contributed by atoms with Crippen molar-refractivity contribution in [2.75, 3.05) is 44.9 Å². The van der Waals surface area contributed by atoms with Crippen LogP contribution >= 0.6 is 35.3 Å². The number of sulfone groups is 1. The molecule has 0 amide bonds. The highest BCUT2D eigenvalue weighted by molar-refractivity contribution is 14.0. The van der Waals surface area contributed by atoms with Gasteiger partial charge in [-0.25, -0.2) is 8.42 Å². The van der Waals surface area contributed by atoms with Crippen molar-refractivity contribution in [3.63, 3.8) is 0 Å². The molecule has 1 aromatic rings. The third-order valence-corrected chi connectivity index (χ3v) is 4.73. The lowest BCUT2D eigenvalue weighted by molar-refractivity contribution is 0.154. The predicted molar refractivity (Wildman–Crippen MR) is 113 cm³/mol. The average molecular weight is 489 g/mol. The number of ether oxygens (including phenoxy) is 1. The number of nitrogens with one attached hydrogen (secondary N) is 2. The zero-order valence-electron chi connectivity index (χ0n) is 14.4. The van der Waals surface area contributed by atoms with E-state index in [1.54, 1.807) is 11.3 Å². The van der Waals surface area contributed by atoms with E-state index in [-0.39, 0.29) is 36.3 Å². The molecule has 0 aliphatic rings. The first-order valence-electron chi connectivity index (χ1n) is 7.72. The zero-order valence-corrected chi connectivity index (χ0v) is 18.4. The summed E-state index contributed by atoms with van der Waals surface area (Å²) in [5.41, 5.74) is 1.30. The first-order chi connectivity index (χ1) is 10.9. The fourth-order valence-electron chi connectivity index (χ4n) is 1.78. The summed E-state index contributed by atoms with van der Waals surface area (Å²) >= 11 is 1.70. The van der Waals surface area contributed by atoms with E-state index in [9.17, 15) is 8.42 Å². The first kappa shape index (κ1) is 23.6. The second kappa shape index (κ2) is 12.9. The van der Waals surface area contributed by atoms with Gasteiger partial charge in [0.15, 0.2) is 5.96 Å². The highest BCUT2D eigenvalue weighted by atomic mass is 127. The maximum Gasteiger partial charge on any atom is 0.191 e. The van der Waals surface area contributed by atoms with E-state index in [1.165, 1.54) is 11.8 Å². The lowest BCUT2D eigenvalue weighted by Gasteiger charge is -2.13. The molecule has 0 fully saturated rings. The van der Waals surface area contributed by atoms with Gasteiger partial charge in [-0.15, -0.1) is 24.0 Å². The van der Waals surface area contributed by atoms with Crippen LogP contribution in [0.1, 0.15) is 25.3 Å². The highest BCUT2D eigenvalue weighted by Crippen LogP contribution is 2.18. The Morgan fingerprint density at radius 1 is 1.38 bits per heavy atom. The van der Waals surface area contributed by atoms with Crippen LogP contribution in [0.25, 0.3) is 0 Å². The maximum atomic E-state index is 11.0. The van der Waals surface area contributed by atoms with E-state index in [2.05, 4.69) is 39.4 Å². The summed E-state index contributed by atoms with van der Waals surface area (Å²) in [4.78, 5) is 4.57. The van der Waals surface area contributed by atoms with E-state index in [0.29, 0.717) is 25.6 Å². The van der Waals surface area contributed by atoms with Gasteiger partial charge in [-0.3, -0.25) is 4.99 Å². The van der Waals surface area contributed by atoms with Crippen LogP contribution in [0.15, 0.2) is 21.8 Å². The molecule has 0 aliphatic carbocycles. The third-order valence-electron chi connectivity index (χ3n) is 3.12. The molecule has 0 saturated heterocycles. The minimum absolute atomic E-state index is 0. The predicted octanol–water partition coefficient (Wildman–Crippen LogP) is 2.09. The molecule has 0 radical (unpaired) electrons. The Labute approximate surface area is 166 Å². The van der Waals surface area contributed by atoms with Crippen LogP contribution in [0, 0.1) is 0 Å². The van der Waals surface area contributed by atoms with Gasteiger partial charge in [-0.1, -0.05) is 6.92 Å². The summed E-state index contributed by atoms with van der Waals surface area (Å²) in [5.74, 6) is 1.18. The second-order valence-electron chi connectivity index (χ2n) is 5.35. The molecule has 9 heteroatoms. The molecular weight excluding hydrogens is 461 g/mol. The molecule has 1 heterocycles. The number of halogens is 1. The van der Waals surface area contributed by atoms with Crippen LogP contribution in [0.5, 0.6) is 0 Å². The molecular formula is C15H28IN3O3S2. The lowest BCUT2D eigenvalue weighted by atomic mass is 10.1. The van der Waals surface area contributed by atoms with Crippen LogP contribution in [-0.4, -0.2) is 59.2 Å². The summed E-state index contributed by atoms with van der Waals surface area (Å²) in [6.45, 7) is 6.92. The van der Waals surface area contributed by atoms with Crippen molar-refractivity contribution in [1.29, 1.82) is 0 Å². The molecule has 2 N–H and O–H groups in total. The molecule has 0 aliphatic heterocycles. The van der Waals surface area contributed by atoms with Gasteiger partial charge in [0.2, 0.25) is 0 Å². The normalized spacial score (nSPS) is 13.2. The van der Waals surface area contributed by atoms with Crippen LogP contribution < -0.4 is 10.6 Å². The number of rotatable bonds is 10. The summed E-state index contributed by atoms with van der Waals surface area (Å²) in [6, 6.07) is 2.13. The van der Waals surface area contributed by atoms with Gasteiger partial charge in [0.05, 0.1) is 19.0 Å². The van der Waals surface area contributed by atoms with Crippen LogP contribution in [-0.2, 0) is 14.6 Å². The Kier molecular flexibility index (Phi) is 12.7. The fourth-order valence-corrected chi connectivity index (χ4v) is 2.99. The number of hydrogen-bond donors (Lipinski definition) is 2. The van der Waals surface area contributed by atoms with Crippen LogP contribution in [0.3, 0.4) is 0 Å². The Morgan fingerprint density at radius 2 is 2.12 bits per heavy atom. The first-order valence-corrected chi connectivity index (χ1v) is 10.7. The molecule has 0 saturated carbocycles. The molecule has 140 valence electrons. The van der Waals surface area contributed by atoms with Gasteiger partial charge in [0.25, 0.3) is 0 Å². The Hall–Kier alpha value is -0.390. The van der Waals surface area contributed by atoms with Crippen LogP contribution in [0.2, 0.25) is 0 Å². The van der Waals surface area contributed by atoms with E-state index in [4.69, 9.17) is 4.74 Å². The van der Waals surface area contributed by atoms with Gasteiger partial charge >= 0.3 is 0 Å². The quantitative estimate of drug-likeness (QED) is 0.228. The number of guanidine groups is 1. The number of nitrogens with zero attached hydrogens (tertiary/aromatic N) is 1. The Balaban J connectivity index is 0.00000529.